The molecule has 0 heterocycles. The van der Waals surface area contributed by atoms with Crippen LogP contribution in [0.3, 0.4) is 0 Å². The third kappa shape index (κ3) is 2.12. The normalized spacial score (nSPS) is 17.9. The van der Waals surface area contributed by atoms with E-state index in [-0.39, 0.29) is 6.42 Å². The van der Waals surface area contributed by atoms with Crippen molar-refractivity contribution in [1.29, 1.82) is 5.26 Å². The molecule has 2 nitrogen and oxygen atoms in total. The van der Waals surface area contributed by atoms with E-state index in [1.165, 1.54) is 12.3 Å². The smallest absolute Gasteiger partial charge is 0.163 e. The molecule has 0 spiro atoms. The molecule has 62 valence electrons. The van der Waals surface area contributed by atoms with E-state index in [4.69, 9.17) is 5.26 Å². The Balaban J connectivity index is 4.63. The summed E-state index contributed by atoms with van der Waals surface area (Å²) < 4.78 is 21.8. The molecule has 2 unspecified atom stereocenters. The molecule has 0 rings (SSSR count). The van der Waals surface area contributed by atoms with Gasteiger partial charge < -0.3 is 0 Å². The van der Waals surface area contributed by atoms with Crippen LogP contribution in [0.5, 0.6) is 0 Å². The average molecular weight is 175 g/mol. The minimum absolute atomic E-state index is 0.128. The molecule has 2 atom stereocenters. The Morgan fingerprint density at radius 1 is 1.91 bits per heavy atom. The van der Waals surface area contributed by atoms with Crippen LogP contribution in [0, 0.1) is 11.3 Å². The van der Waals surface area contributed by atoms with Gasteiger partial charge in [-0.2, -0.15) is 5.26 Å². The van der Waals surface area contributed by atoms with Crippen molar-refractivity contribution in [2.45, 2.75) is 11.2 Å². The van der Waals surface area contributed by atoms with Gasteiger partial charge in [-0.25, -0.2) is 4.39 Å². The van der Waals surface area contributed by atoms with Gasteiger partial charge in [-0.1, -0.05) is 6.08 Å². The van der Waals surface area contributed by atoms with Crippen LogP contribution >= 0.6 is 0 Å². The zero-order chi connectivity index (χ0) is 8.91. The van der Waals surface area contributed by atoms with E-state index in [0.29, 0.717) is 0 Å². The third-order valence-corrected chi connectivity index (χ3v) is 2.91. The quantitative estimate of drug-likeness (QED) is 0.602. The van der Waals surface area contributed by atoms with Crippen molar-refractivity contribution in [3.05, 3.63) is 12.7 Å². The Labute approximate surface area is 68.2 Å². The number of halogens is 1. The summed E-state index contributed by atoms with van der Waals surface area (Å²) in [6.45, 7) is 2.48. The minimum atomic E-state index is -1.47. The van der Waals surface area contributed by atoms with Gasteiger partial charge in [-0.3, -0.25) is 4.21 Å². The predicted molar refractivity (Wildman–Crippen MR) is 43.2 cm³/mol. The molecule has 0 saturated carbocycles. The molecule has 0 N–H and O–H groups in total. The largest absolute Gasteiger partial charge is 0.258 e. The van der Waals surface area contributed by atoms with Crippen LogP contribution < -0.4 is 0 Å². The van der Waals surface area contributed by atoms with Crippen LogP contribution in [0.15, 0.2) is 12.7 Å². The molecule has 0 aromatic rings. The standard InChI is InChI=1S/C7H10FNOS/c1-3-4-7(5-8,6-9)11(2)10/h3H,1,4-5H2,2H3. The number of rotatable bonds is 4. The van der Waals surface area contributed by atoms with Crippen LogP contribution in [0.1, 0.15) is 6.42 Å². The highest BCUT2D eigenvalue weighted by molar-refractivity contribution is 7.86. The zero-order valence-corrected chi connectivity index (χ0v) is 7.16. The van der Waals surface area contributed by atoms with Crippen LogP contribution in [0.25, 0.3) is 0 Å². The van der Waals surface area contributed by atoms with Crippen LogP contribution in [0.2, 0.25) is 0 Å². The van der Waals surface area contributed by atoms with Crippen molar-refractivity contribution >= 4 is 10.8 Å². The summed E-state index contributed by atoms with van der Waals surface area (Å²) in [6, 6.07) is 1.72. The maximum atomic E-state index is 12.3. The maximum Gasteiger partial charge on any atom is 0.163 e. The monoisotopic (exact) mass is 175 g/mol. The number of allylic oxidation sites excluding steroid dienone is 1. The van der Waals surface area contributed by atoms with Crippen molar-refractivity contribution in [1.82, 2.24) is 0 Å². The fourth-order valence-corrected chi connectivity index (χ4v) is 1.26. The Morgan fingerprint density at radius 2 is 2.45 bits per heavy atom. The Bertz CT molecular complexity index is 211. The van der Waals surface area contributed by atoms with Gasteiger partial charge in [0.1, 0.15) is 6.67 Å². The summed E-state index contributed by atoms with van der Waals surface area (Å²) in [5, 5.41) is 8.55. The number of alkyl halides is 1. The van der Waals surface area contributed by atoms with E-state index in [9.17, 15) is 8.60 Å². The van der Waals surface area contributed by atoms with Crippen molar-refractivity contribution in [3.8, 4) is 6.07 Å². The first-order valence-electron chi connectivity index (χ1n) is 3.04. The molecule has 0 aliphatic carbocycles. The van der Waals surface area contributed by atoms with Gasteiger partial charge in [0.15, 0.2) is 4.75 Å². The molecule has 0 aliphatic rings. The van der Waals surface area contributed by atoms with Gasteiger partial charge in [0.05, 0.1) is 6.07 Å². The molecular formula is C7H10FNOS. The summed E-state index contributed by atoms with van der Waals surface area (Å²) in [6.07, 6.45) is 2.86. The highest BCUT2D eigenvalue weighted by Crippen LogP contribution is 2.18. The Hall–Kier alpha value is -0.690. The van der Waals surface area contributed by atoms with Crippen molar-refractivity contribution in [3.63, 3.8) is 0 Å². The molecule has 11 heavy (non-hydrogen) atoms. The van der Waals surface area contributed by atoms with Gasteiger partial charge in [-0.05, 0) is 6.42 Å². The molecule has 4 heteroatoms. The van der Waals surface area contributed by atoms with Crippen LogP contribution in [-0.2, 0) is 10.8 Å². The maximum absolute atomic E-state index is 12.3. The molecule has 0 aliphatic heterocycles. The molecule has 0 bridgehead atoms. The van der Waals surface area contributed by atoms with Gasteiger partial charge in [-0.15, -0.1) is 6.58 Å². The number of nitriles is 1. The van der Waals surface area contributed by atoms with E-state index >= 15 is 0 Å². The van der Waals surface area contributed by atoms with E-state index < -0.39 is 22.2 Å². The predicted octanol–water partition coefficient (Wildman–Crippen LogP) is 1.17. The van der Waals surface area contributed by atoms with Gasteiger partial charge >= 0.3 is 0 Å². The molecule has 0 aromatic heterocycles. The van der Waals surface area contributed by atoms with E-state index in [1.54, 1.807) is 6.07 Å². The lowest BCUT2D eigenvalue weighted by Gasteiger charge is -2.17. The Morgan fingerprint density at radius 3 is 2.55 bits per heavy atom. The lowest BCUT2D eigenvalue weighted by Crippen LogP contribution is -2.33. The first-order chi connectivity index (χ1) is 5.13. The first-order valence-corrected chi connectivity index (χ1v) is 4.60. The molecular weight excluding hydrogens is 165 g/mol. The Kier molecular flexibility index (Phi) is 3.98. The molecule has 0 fully saturated rings. The topological polar surface area (TPSA) is 40.9 Å². The number of hydrogen-bond donors (Lipinski definition) is 0. The summed E-state index contributed by atoms with van der Waals surface area (Å²) in [5.74, 6) is 0. The number of hydrogen-bond acceptors (Lipinski definition) is 2. The molecule has 0 amide bonds. The molecule has 0 radical (unpaired) electrons. The van der Waals surface area contributed by atoms with E-state index in [1.807, 2.05) is 0 Å². The molecule has 0 aromatic carbocycles. The first kappa shape index (κ1) is 10.3. The summed E-state index contributed by atoms with van der Waals surface area (Å²) in [7, 11) is -1.47. The lowest BCUT2D eigenvalue weighted by atomic mass is 10.1. The average Bonchev–Trinajstić information content (AvgIpc) is 2.00. The second kappa shape index (κ2) is 4.24. The van der Waals surface area contributed by atoms with Crippen LogP contribution in [-0.4, -0.2) is 21.9 Å². The van der Waals surface area contributed by atoms with E-state index in [2.05, 4.69) is 6.58 Å². The summed E-state index contributed by atoms with van der Waals surface area (Å²) in [5.41, 5.74) is 0. The highest BCUT2D eigenvalue weighted by Gasteiger charge is 2.33. The summed E-state index contributed by atoms with van der Waals surface area (Å²) in [4.78, 5) is 0. The van der Waals surface area contributed by atoms with Gasteiger partial charge in [0.2, 0.25) is 0 Å². The fraction of sp³-hybridized carbons (Fsp3) is 0.571. The third-order valence-electron chi connectivity index (χ3n) is 1.44. The van der Waals surface area contributed by atoms with Crippen LogP contribution in [0.4, 0.5) is 4.39 Å². The number of nitrogens with zero attached hydrogens (tertiary/aromatic N) is 1. The van der Waals surface area contributed by atoms with Crippen molar-refractivity contribution < 1.29 is 8.60 Å². The second-order valence-electron chi connectivity index (χ2n) is 2.19. The van der Waals surface area contributed by atoms with Crippen molar-refractivity contribution in [2.75, 3.05) is 12.9 Å². The van der Waals surface area contributed by atoms with Crippen molar-refractivity contribution in [2.24, 2.45) is 0 Å². The second-order valence-corrected chi connectivity index (χ2v) is 3.88. The highest BCUT2D eigenvalue weighted by atomic mass is 32.2. The van der Waals surface area contributed by atoms with Gasteiger partial charge in [0, 0.05) is 17.1 Å². The van der Waals surface area contributed by atoms with E-state index in [0.717, 1.165) is 0 Å². The minimum Gasteiger partial charge on any atom is -0.258 e. The fourth-order valence-electron chi connectivity index (χ4n) is 0.622. The summed E-state index contributed by atoms with van der Waals surface area (Å²) >= 11 is 0. The van der Waals surface area contributed by atoms with Gasteiger partial charge in [0.25, 0.3) is 0 Å². The molecule has 0 saturated heterocycles. The lowest BCUT2D eigenvalue weighted by molar-refractivity contribution is 0.436. The SMILES string of the molecule is C=CCC(C#N)(CF)S(C)=O. The zero-order valence-electron chi connectivity index (χ0n) is 6.34.